The van der Waals surface area contributed by atoms with E-state index in [2.05, 4.69) is 15.3 Å². The van der Waals surface area contributed by atoms with Gasteiger partial charge in [0, 0.05) is 37.3 Å². The van der Waals surface area contributed by atoms with Crippen molar-refractivity contribution in [3.05, 3.63) is 83.3 Å². The number of carbonyl (C=O) groups excluding carboxylic acids is 2. The quantitative estimate of drug-likeness (QED) is 0.340. The summed E-state index contributed by atoms with van der Waals surface area (Å²) in [6, 6.07) is 13.8. The summed E-state index contributed by atoms with van der Waals surface area (Å²) < 4.78 is 10.6. The molecule has 0 aliphatic heterocycles. The number of hydrogen-bond donors (Lipinski definition) is 3. The van der Waals surface area contributed by atoms with Crippen molar-refractivity contribution in [3.8, 4) is 11.3 Å². The first-order chi connectivity index (χ1) is 17.4. The van der Waals surface area contributed by atoms with Crippen LogP contribution in [0.25, 0.3) is 11.3 Å². The van der Waals surface area contributed by atoms with E-state index in [-0.39, 0.29) is 29.9 Å². The van der Waals surface area contributed by atoms with Crippen LogP contribution < -0.4 is 5.32 Å². The zero-order chi connectivity index (χ0) is 27.2. The maximum atomic E-state index is 12.1. The van der Waals surface area contributed by atoms with Crippen molar-refractivity contribution >= 4 is 23.8 Å². The van der Waals surface area contributed by atoms with E-state index in [4.69, 9.17) is 20.3 Å². The molecule has 0 aliphatic rings. The lowest BCUT2D eigenvalue weighted by molar-refractivity contribution is 0.0523. The van der Waals surface area contributed by atoms with Crippen molar-refractivity contribution in [2.24, 2.45) is 0 Å². The van der Waals surface area contributed by atoms with Crippen LogP contribution in [0.3, 0.4) is 0 Å². The standard InChI is InChI=1S/C27H30N6O4/c1-27(2,3)37-26(35)31-14-17-6-8-19(9-7-17)23(28)36-24(29)22-16-30-15-21(32-22)18-10-12-20(13-11-18)25(34)33(4)5/h6-13,15-16,28-29H,14H2,1-5H3,(H,31,35). The zero-order valence-corrected chi connectivity index (χ0v) is 21.5. The summed E-state index contributed by atoms with van der Waals surface area (Å²) in [5.41, 5.74) is 2.63. The molecular formula is C27H30N6O4. The molecule has 192 valence electrons. The average molecular weight is 503 g/mol. The van der Waals surface area contributed by atoms with Gasteiger partial charge >= 0.3 is 6.09 Å². The van der Waals surface area contributed by atoms with Gasteiger partial charge in [-0.05, 0) is 50.6 Å². The van der Waals surface area contributed by atoms with Crippen LogP contribution in [0.1, 0.15) is 48.0 Å². The zero-order valence-electron chi connectivity index (χ0n) is 21.5. The molecule has 0 fully saturated rings. The van der Waals surface area contributed by atoms with Gasteiger partial charge in [0.2, 0.25) is 11.8 Å². The van der Waals surface area contributed by atoms with Crippen LogP contribution in [0.5, 0.6) is 0 Å². The van der Waals surface area contributed by atoms with Gasteiger partial charge in [-0.3, -0.25) is 20.6 Å². The highest BCUT2D eigenvalue weighted by atomic mass is 16.6. The first-order valence-corrected chi connectivity index (χ1v) is 11.5. The number of nitrogens with zero attached hydrogens (tertiary/aromatic N) is 3. The predicted octanol–water partition coefficient (Wildman–Crippen LogP) is 4.24. The first kappa shape index (κ1) is 27.0. The van der Waals surface area contributed by atoms with Gasteiger partial charge in [0.05, 0.1) is 18.1 Å². The first-order valence-electron chi connectivity index (χ1n) is 11.5. The second-order valence-corrected chi connectivity index (χ2v) is 9.38. The molecule has 0 aliphatic carbocycles. The van der Waals surface area contributed by atoms with Crippen molar-refractivity contribution in [1.82, 2.24) is 20.2 Å². The molecule has 3 rings (SSSR count). The van der Waals surface area contributed by atoms with Gasteiger partial charge in [0.1, 0.15) is 11.3 Å². The summed E-state index contributed by atoms with van der Waals surface area (Å²) in [6.45, 7) is 5.64. The molecule has 3 N–H and O–H groups in total. The Hall–Kier alpha value is -4.60. The van der Waals surface area contributed by atoms with Gasteiger partial charge in [-0.1, -0.05) is 24.3 Å². The number of alkyl carbamates (subject to hydrolysis) is 1. The fraction of sp³-hybridized carbons (Fsp3) is 0.259. The average Bonchev–Trinajstić information content (AvgIpc) is 2.86. The Balaban J connectivity index is 1.61. The largest absolute Gasteiger partial charge is 0.444 e. The van der Waals surface area contributed by atoms with Gasteiger partial charge in [0.25, 0.3) is 5.91 Å². The van der Waals surface area contributed by atoms with Crippen molar-refractivity contribution < 1.29 is 19.1 Å². The van der Waals surface area contributed by atoms with E-state index in [1.54, 1.807) is 89.6 Å². The molecule has 2 amide bonds. The third-order valence-corrected chi connectivity index (χ3v) is 4.96. The molecule has 10 nitrogen and oxygen atoms in total. The van der Waals surface area contributed by atoms with Crippen LogP contribution in [0.4, 0.5) is 4.79 Å². The van der Waals surface area contributed by atoms with E-state index in [1.807, 2.05) is 0 Å². The molecule has 0 saturated carbocycles. The third-order valence-electron chi connectivity index (χ3n) is 4.96. The summed E-state index contributed by atoms with van der Waals surface area (Å²) in [5, 5.41) is 19.2. The molecule has 1 heterocycles. The third kappa shape index (κ3) is 7.69. The highest BCUT2D eigenvalue weighted by Crippen LogP contribution is 2.18. The minimum absolute atomic E-state index is 0.104. The van der Waals surface area contributed by atoms with Gasteiger partial charge in [-0.2, -0.15) is 0 Å². The minimum atomic E-state index is -0.578. The lowest BCUT2D eigenvalue weighted by atomic mass is 10.1. The van der Waals surface area contributed by atoms with Crippen LogP contribution in [-0.2, 0) is 16.0 Å². The van der Waals surface area contributed by atoms with Gasteiger partial charge in [-0.15, -0.1) is 0 Å². The monoisotopic (exact) mass is 502 g/mol. The lowest BCUT2D eigenvalue weighted by Gasteiger charge is -2.19. The van der Waals surface area contributed by atoms with Gasteiger partial charge < -0.3 is 19.7 Å². The second kappa shape index (κ2) is 11.4. The molecule has 10 heteroatoms. The number of nitrogens with one attached hydrogen (secondary N) is 3. The topological polar surface area (TPSA) is 141 Å². The second-order valence-electron chi connectivity index (χ2n) is 9.38. The highest BCUT2D eigenvalue weighted by Gasteiger charge is 2.16. The Morgan fingerprint density at radius 2 is 1.54 bits per heavy atom. The van der Waals surface area contributed by atoms with Crippen LogP contribution in [-0.4, -0.2) is 58.4 Å². The molecule has 0 spiro atoms. The van der Waals surface area contributed by atoms with Crippen molar-refractivity contribution in [1.29, 1.82) is 10.8 Å². The fourth-order valence-corrected chi connectivity index (χ4v) is 3.13. The molecule has 0 atom stereocenters. The Labute approximate surface area is 215 Å². The van der Waals surface area contributed by atoms with Crippen LogP contribution >= 0.6 is 0 Å². The van der Waals surface area contributed by atoms with E-state index >= 15 is 0 Å². The summed E-state index contributed by atoms with van der Waals surface area (Å²) in [5.74, 6) is -0.655. The van der Waals surface area contributed by atoms with E-state index < -0.39 is 11.7 Å². The fourth-order valence-electron chi connectivity index (χ4n) is 3.13. The number of hydrogen-bond acceptors (Lipinski definition) is 8. The smallest absolute Gasteiger partial charge is 0.407 e. The summed E-state index contributed by atoms with van der Waals surface area (Å²) in [4.78, 5) is 34.0. The summed E-state index contributed by atoms with van der Waals surface area (Å²) in [6.07, 6.45) is 2.42. The van der Waals surface area contributed by atoms with E-state index in [0.717, 1.165) is 11.1 Å². The normalized spacial score (nSPS) is 10.8. The van der Waals surface area contributed by atoms with E-state index in [1.165, 1.54) is 11.1 Å². The predicted molar refractivity (Wildman–Crippen MR) is 140 cm³/mol. The Kier molecular flexibility index (Phi) is 8.33. The molecule has 0 radical (unpaired) electrons. The van der Waals surface area contributed by atoms with E-state index in [9.17, 15) is 9.59 Å². The molecule has 1 aromatic heterocycles. The maximum absolute atomic E-state index is 12.1. The number of amides is 2. The molecule has 37 heavy (non-hydrogen) atoms. The number of carbonyl (C=O) groups is 2. The highest BCUT2D eigenvalue weighted by molar-refractivity contribution is 6.04. The van der Waals surface area contributed by atoms with Crippen LogP contribution in [0.2, 0.25) is 0 Å². The maximum Gasteiger partial charge on any atom is 0.407 e. The summed E-state index contributed by atoms with van der Waals surface area (Å²) >= 11 is 0. The molecular weight excluding hydrogens is 472 g/mol. The van der Waals surface area contributed by atoms with Crippen molar-refractivity contribution in [2.75, 3.05) is 14.1 Å². The van der Waals surface area contributed by atoms with Gasteiger partial charge in [-0.25, -0.2) is 9.78 Å². The number of benzene rings is 2. The Bertz CT molecular complexity index is 1300. The Morgan fingerprint density at radius 3 is 2.14 bits per heavy atom. The van der Waals surface area contributed by atoms with Crippen LogP contribution in [0.15, 0.2) is 60.9 Å². The Morgan fingerprint density at radius 1 is 0.919 bits per heavy atom. The molecule has 2 aromatic carbocycles. The number of ether oxygens (including phenoxy) is 2. The summed E-state index contributed by atoms with van der Waals surface area (Å²) in [7, 11) is 3.37. The molecule has 3 aromatic rings. The molecule has 0 bridgehead atoms. The molecule has 0 unspecified atom stereocenters. The SMILES string of the molecule is CN(C)C(=O)c1ccc(-c2cncc(C(=N)OC(=N)c3ccc(CNC(=O)OC(C)(C)C)cc3)n2)cc1. The van der Waals surface area contributed by atoms with Gasteiger partial charge in [0.15, 0.2) is 0 Å². The van der Waals surface area contributed by atoms with Crippen molar-refractivity contribution in [3.63, 3.8) is 0 Å². The molecule has 0 saturated heterocycles. The van der Waals surface area contributed by atoms with E-state index in [0.29, 0.717) is 16.8 Å². The van der Waals surface area contributed by atoms with Crippen molar-refractivity contribution in [2.45, 2.75) is 32.9 Å². The minimum Gasteiger partial charge on any atom is -0.444 e. The number of aromatic nitrogens is 2. The van der Waals surface area contributed by atoms with Crippen LogP contribution in [0, 0.1) is 10.8 Å². The number of rotatable bonds is 6. The lowest BCUT2D eigenvalue weighted by Crippen LogP contribution is -2.32.